The number of halogens is 1. The Balaban J connectivity index is 1.61. The van der Waals surface area contributed by atoms with Crippen LogP contribution in [0.25, 0.3) is 0 Å². The number of ether oxygens (including phenoxy) is 1. The number of nitrogens with zero attached hydrogens (tertiary/aromatic N) is 2. The molecular weight excluding hydrogens is 408 g/mol. The fourth-order valence-electron chi connectivity index (χ4n) is 3.63. The van der Waals surface area contributed by atoms with E-state index in [0.29, 0.717) is 0 Å². The fourth-order valence-corrected chi connectivity index (χ4v) is 4.87. The van der Waals surface area contributed by atoms with E-state index >= 15 is 0 Å². The van der Waals surface area contributed by atoms with Gasteiger partial charge in [0.2, 0.25) is 6.23 Å². The number of hydrogen-bond acceptors (Lipinski definition) is 4. The number of hydrogen-bond donors (Lipinski definition) is 0. The SMILES string of the molecule is Cc1ccc(C2=NN3[C@H](C2)c2cc(Br)ccc2O[C@H]3c2ccccc2)s1. The zero-order chi connectivity index (χ0) is 17.7. The molecule has 2 aliphatic rings. The summed E-state index contributed by atoms with van der Waals surface area (Å²) < 4.78 is 7.45. The first-order chi connectivity index (χ1) is 12.7. The number of benzene rings is 2. The van der Waals surface area contributed by atoms with Crippen LogP contribution in [0.3, 0.4) is 0 Å². The van der Waals surface area contributed by atoms with Crippen molar-refractivity contribution in [3.05, 3.63) is 86.0 Å². The Morgan fingerprint density at radius 1 is 1.12 bits per heavy atom. The molecule has 0 spiro atoms. The Kier molecular flexibility index (Phi) is 3.87. The number of aryl methyl sites for hydroxylation is 1. The van der Waals surface area contributed by atoms with Gasteiger partial charge in [0.15, 0.2) is 0 Å². The Morgan fingerprint density at radius 2 is 1.96 bits per heavy atom. The van der Waals surface area contributed by atoms with Crippen molar-refractivity contribution < 1.29 is 4.74 Å². The van der Waals surface area contributed by atoms with Crippen LogP contribution >= 0.6 is 27.3 Å². The smallest absolute Gasteiger partial charge is 0.213 e. The average Bonchev–Trinajstić information content (AvgIpc) is 3.28. The third kappa shape index (κ3) is 2.66. The molecule has 5 heteroatoms. The molecule has 3 nitrogen and oxygen atoms in total. The molecule has 26 heavy (non-hydrogen) atoms. The number of rotatable bonds is 2. The van der Waals surface area contributed by atoms with Crippen LogP contribution in [-0.2, 0) is 0 Å². The Morgan fingerprint density at radius 3 is 2.73 bits per heavy atom. The first-order valence-corrected chi connectivity index (χ1v) is 10.2. The van der Waals surface area contributed by atoms with Crippen molar-refractivity contribution in [2.45, 2.75) is 25.6 Å². The van der Waals surface area contributed by atoms with Crippen molar-refractivity contribution in [3.63, 3.8) is 0 Å². The molecule has 3 heterocycles. The highest BCUT2D eigenvalue weighted by Crippen LogP contribution is 2.48. The fraction of sp³-hybridized carbons (Fsp3) is 0.190. The molecule has 2 aliphatic heterocycles. The largest absolute Gasteiger partial charge is 0.464 e. The van der Waals surface area contributed by atoms with E-state index in [4.69, 9.17) is 9.84 Å². The third-order valence-corrected chi connectivity index (χ3v) is 6.40. The van der Waals surface area contributed by atoms with Crippen LogP contribution in [0.15, 0.2) is 70.2 Å². The summed E-state index contributed by atoms with van der Waals surface area (Å²) in [6, 6.07) is 21.1. The van der Waals surface area contributed by atoms with Gasteiger partial charge in [0.05, 0.1) is 16.6 Å². The number of hydrazone groups is 1. The van der Waals surface area contributed by atoms with Gasteiger partial charge in [-0.15, -0.1) is 11.3 Å². The van der Waals surface area contributed by atoms with Crippen molar-refractivity contribution in [2.75, 3.05) is 0 Å². The maximum absolute atomic E-state index is 6.38. The van der Waals surface area contributed by atoms with E-state index in [2.05, 4.69) is 64.3 Å². The topological polar surface area (TPSA) is 24.8 Å². The molecule has 0 saturated carbocycles. The van der Waals surface area contributed by atoms with Crippen molar-refractivity contribution >= 4 is 33.0 Å². The molecule has 2 aromatic carbocycles. The van der Waals surface area contributed by atoms with Gasteiger partial charge in [-0.2, -0.15) is 5.10 Å². The van der Waals surface area contributed by atoms with Gasteiger partial charge in [-0.3, -0.25) is 0 Å². The first kappa shape index (κ1) is 16.1. The molecule has 0 aliphatic carbocycles. The minimum Gasteiger partial charge on any atom is -0.464 e. The van der Waals surface area contributed by atoms with Crippen LogP contribution < -0.4 is 4.74 Å². The molecular formula is C21H17BrN2OS. The summed E-state index contributed by atoms with van der Waals surface area (Å²) in [6.07, 6.45) is 0.698. The molecule has 0 fully saturated rings. The third-order valence-electron chi connectivity index (χ3n) is 4.86. The molecule has 5 rings (SSSR count). The summed E-state index contributed by atoms with van der Waals surface area (Å²) in [4.78, 5) is 2.56. The van der Waals surface area contributed by atoms with Crippen LogP contribution in [0.4, 0.5) is 0 Å². The summed E-state index contributed by atoms with van der Waals surface area (Å²) >= 11 is 5.41. The van der Waals surface area contributed by atoms with E-state index in [0.717, 1.165) is 27.9 Å². The zero-order valence-corrected chi connectivity index (χ0v) is 16.6. The second-order valence-electron chi connectivity index (χ2n) is 6.62. The van der Waals surface area contributed by atoms with Gasteiger partial charge < -0.3 is 4.74 Å². The lowest BCUT2D eigenvalue weighted by atomic mass is 9.98. The highest BCUT2D eigenvalue weighted by Gasteiger charge is 2.41. The second-order valence-corrected chi connectivity index (χ2v) is 8.82. The summed E-state index contributed by atoms with van der Waals surface area (Å²) in [5, 5.41) is 7.13. The lowest BCUT2D eigenvalue weighted by Gasteiger charge is -2.38. The minimum atomic E-state index is -0.201. The summed E-state index contributed by atoms with van der Waals surface area (Å²) in [6.45, 7) is 2.14. The Hall–Kier alpha value is -2.11. The molecule has 0 amide bonds. The first-order valence-electron chi connectivity index (χ1n) is 8.63. The van der Waals surface area contributed by atoms with Gasteiger partial charge in [0.1, 0.15) is 5.75 Å². The van der Waals surface area contributed by atoms with E-state index in [1.807, 2.05) is 24.3 Å². The molecule has 3 aromatic rings. The molecule has 0 N–H and O–H groups in total. The molecule has 0 radical (unpaired) electrons. The predicted octanol–water partition coefficient (Wildman–Crippen LogP) is 6.06. The molecule has 1 aromatic heterocycles. The quantitative estimate of drug-likeness (QED) is 0.499. The van der Waals surface area contributed by atoms with Crippen LogP contribution in [-0.4, -0.2) is 10.7 Å². The van der Waals surface area contributed by atoms with Crippen molar-refractivity contribution in [1.82, 2.24) is 5.01 Å². The van der Waals surface area contributed by atoms with Crippen LogP contribution in [0.5, 0.6) is 5.75 Å². The maximum Gasteiger partial charge on any atom is 0.213 e. The molecule has 0 saturated heterocycles. The lowest BCUT2D eigenvalue weighted by molar-refractivity contribution is -0.0190. The van der Waals surface area contributed by atoms with Crippen molar-refractivity contribution in [3.8, 4) is 5.75 Å². The van der Waals surface area contributed by atoms with Gasteiger partial charge >= 0.3 is 0 Å². The van der Waals surface area contributed by atoms with E-state index in [1.54, 1.807) is 11.3 Å². The summed E-state index contributed by atoms with van der Waals surface area (Å²) in [5.41, 5.74) is 3.46. The van der Waals surface area contributed by atoms with E-state index < -0.39 is 0 Å². The van der Waals surface area contributed by atoms with Gasteiger partial charge in [-0.25, -0.2) is 5.01 Å². The van der Waals surface area contributed by atoms with Crippen LogP contribution in [0.1, 0.15) is 39.6 Å². The Bertz CT molecular complexity index is 998. The monoisotopic (exact) mass is 424 g/mol. The van der Waals surface area contributed by atoms with E-state index in [1.165, 1.54) is 15.3 Å². The van der Waals surface area contributed by atoms with Crippen molar-refractivity contribution in [2.24, 2.45) is 5.10 Å². The van der Waals surface area contributed by atoms with Gasteiger partial charge in [-0.05, 0) is 37.3 Å². The number of fused-ring (bicyclic) bond motifs is 3. The second kappa shape index (κ2) is 6.25. The molecule has 0 bridgehead atoms. The normalized spacial score (nSPS) is 21.0. The van der Waals surface area contributed by atoms with E-state index in [-0.39, 0.29) is 12.3 Å². The molecule has 2 atom stereocenters. The maximum atomic E-state index is 6.38. The molecule has 0 unspecified atom stereocenters. The zero-order valence-electron chi connectivity index (χ0n) is 14.2. The molecule has 130 valence electrons. The lowest BCUT2D eigenvalue weighted by Crippen LogP contribution is -2.33. The minimum absolute atomic E-state index is 0.193. The predicted molar refractivity (Wildman–Crippen MR) is 109 cm³/mol. The van der Waals surface area contributed by atoms with Crippen LogP contribution in [0, 0.1) is 6.92 Å². The summed E-state index contributed by atoms with van der Waals surface area (Å²) in [7, 11) is 0. The highest BCUT2D eigenvalue weighted by atomic mass is 79.9. The van der Waals surface area contributed by atoms with Crippen molar-refractivity contribution in [1.29, 1.82) is 0 Å². The van der Waals surface area contributed by atoms with Crippen LogP contribution in [0.2, 0.25) is 0 Å². The highest BCUT2D eigenvalue weighted by molar-refractivity contribution is 9.10. The van der Waals surface area contributed by atoms with Gasteiger partial charge in [0.25, 0.3) is 0 Å². The van der Waals surface area contributed by atoms with Gasteiger partial charge in [0, 0.05) is 26.9 Å². The average molecular weight is 425 g/mol. The standard InChI is InChI=1S/C21H17BrN2OS/c1-13-7-10-20(26-13)17-12-18-16-11-15(22)8-9-19(16)25-21(24(18)23-17)14-5-3-2-4-6-14/h2-11,18,21H,12H2,1H3/t18-,21+/m1/s1. The summed E-state index contributed by atoms with van der Waals surface area (Å²) in [5.74, 6) is 0.946. The van der Waals surface area contributed by atoms with Gasteiger partial charge in [-0.1, -0.05) is 46.3 Å². The Labute approximate surface area is 165 Å². The van der Waals surface area contributed by atoms with E-state index in [9.17, 15) is 0 Å². The number of thiophene rings is 1.